The van der Waals surface area contributed by atoms with Gasteiger partial charge in [-0.15, -0.1) is 5.10 Å². The average Bonchev–Trinajstić information content (AvgIpc) is 3.10. The number of methoxy groups -OCH3 is 2. The monoisotopic (exact) mass is 433 g/mol. The predicted octanol–water partition coefficient (Wildman–Crippen LogP) is 2.03. The van der Waals surface area contributed by atoms with Gasteiger partial charge in [0, 0.05) is 23.2 Å². The molecule has 0 unspecified atom stereocenters. The fraction of sp³-hybridized carbons (Fsp3) is 0.158. The number of hydrogen-bond donors (Lipinski definition) is 2. The van der Waals surface area contributed by atoms with Crippen molar-refractivity contribution in [1.29, 1.82) is 0 Å². The van der Waals surface area contributed by atoms with E-state index in [1.54, 1.807) is 6.92 Å². The van der Waals surface area contributed by atoms with Gasteiger partial charge in [0.1, 0.15) is 5.82 Å². The Labute approximate surface area is 172 Å². The summed E-state index contributed by atoms with van der Waals surface area (Å²) in [4.78, 5) is -0.0633. The number of guanidine groups is 1. The van der Waals surface area contributed by atoms with E-state index in [9.17, 15) is 12.8 Å². The minimum absolute atomic E-state index is 0.0633. The number of hydrogen-bond acceptors (Lipinski definition) is 6. The van der Waals surface area contributed by atoms with Crippen molar-refractivity contribution in [2.24, 2.45) is 21.7 Å². The van der Waals surface area contributed by atoms with E-state index < -0.39 is 15.8 Å². The van der Waals surface area contributed by atoms with E-state index in [1.165, 1.54) is 50.7 Å². The maximum absolute atomic E-state index is 14.0. The lowest BCUT2D eigenvalue weighted by Gasteiger charge is -2.11. The number of ether oxygens (including phenoxy) is 2. The first kappa shape index (κ1) is 21.1. The highest BCUT2D eigenvalue weighted by Gasteiger charge is 2.24. The SMILES string of the molecule is COc1ccc(S(=O)(=O)n2cc(C(C)=NN=C(N)N)c3ccc(F)cc32)cc1OC. The summed E-state index contributed by atoms with van der Waals surface area (Å²) >= 11 is 0. The molecule has 0 saturated heterocycles. The van der Waals surface area contributed by atoms with Crippen LogP contribution in [0.25, 0.3) is 10.9 Å². The molecule has 0 fully saturated rings. The zero-order chi connectivity index (χ0) is 22.1. The molecule has 4 N–H and O–H groups in total. The van der Waals surface area contributed by atoms with Gasteiger partial charge >= 0.3 is 0 Å². The molecule has 158 valence electrons. The highest BCUT2D eigenvalue weighted by atomic mass is 32.2. The van der Waals surface area contributed by atoms with Crippen molar-refractivity contribution in [3.05, 3.63) is 54.0 Å². The molecule has 2 aromatic carbocycles. The summed E-state index contributed by atoms with van der Waals surface area (Å²) in [6, 6.07) is 8.01. The van der Waals surface area contributed by atoms with Gasteiger partial charge in [-0.25, -0.2) is 16.8 Å². The molecule has 0 amide bonds. The van der Waals surface area contributed by atoms with Crippen molar-refractivity contribution in [3.8, 4) is 11.5 Å². The number of fused-ring (bicyclic) bond motifs is 1. The molecule has 0 saturated carbocycles. The third-order valence-corrected chi connectivity index (χ3v) is 6.02. The molecule has 0 radical (unpaired) electrons. The van der Waals surface area contributed by atoms with Gasteiger partial charge in [0.05, 0.1) is 30.3 Å². The van der Waals surface area contributed by atoms with Gasteiger partial charge in [0.25, 0.3) is 10.0 Å². The number of nitrogens with two attached hydrogens (primary N) is 2. The van der Waals surface area contributed by atoms with Gasteiger partial charge in [-0.05, 0) is 37.3 Å². The summed E-state index contributed by atoms with van der Waals surface area (Å²) in [6.07, 6.45) is 1.34. The van der Waals surface area contributed by atoms with Gasteiger partial charge < -0.3 is 20.9 Å². The Morgan fingerprint density at radius 3 is 2.37 bits per heavy atom. The summed E-state index contributed by atoms with van der Waals surface area (Å²) in [7, 11) is -1.27. The van der Waals surface area contributed by atoms with E-state index in [4.69, 9.17) is 20.9 Å². The second-order valence-corrected chi connectivity index (χ2v) is 8.05. The van der Waals surface area contributed by atoms with Crippen LogP contribution in [0.2, 0.25) is 0 Å². The third kappa shape index (κ3) is 3.79. The van der Waals surface area contributed by atoms with Gasteiger partial charge in [-0.3, -0.25) is 0 Å². The molecule has 11 heteroatoms. The van der Waals surface area contributed by atoms with E-state index in [-0.39, 0.29) is 22.1 Å². The van der Waals surface area contributed by atoms with Crippen LogP contribution in [0.15, 0.2) is 57.7 Å². The molecule has 30 heavy (non-hydrogen) atoms. The summed E-state index contributed by atoms with van der Waals surface area (Å²) in [5.41, 5.74) is 11.5. The molecule has 3 aromatic rings. The molecule has 0 aliphatic carbocycles. The van der Waals surface area contributed by atoms with E-state index >= 15 is 0 Å². The summed E-state index contributed by atoms with van der Waals surface area (Å²) < 4.78 is 52.0. The molecule has 3 rings (SSSR count). The van der Waals surface area contributed by atoms with Crippen molar-refractivity contribution in [3.63, 3.8) is 0 Å². The third-order valence-electron chi connectivity index (χ3n) is 4.35. The Balaban J connectivity index is 2.26. The van der Waals surface area contributed by atoms with Crippen molar-refractivity contribution < 1.29 is 22.3 Å². The van der Waals surface area contributed by atoms with Gasteiger partial charge in [0.2, 0.25) is 5.96 Å². The fourth-order valence-corrected chi connectivity index (χ4v) is 4.31. The number of benzene rings is 2. The van der Waals surface area contributed by atoms with Crippen molar-refractivity contribution in [1.82, 2.24) is 3.97 Å². The number of aromatic nitrogens is 1. The van der Waals surface area contributed by atoms with Gasteiger partial charge in [-0.2, -0.15) is 5.10 Å². The van der Waals surface area contributed by atoms with Crippen LogP contribution in [0.5, 0.6) is 11.5 Å². The van der Waals surface area contributed by atoms with Crippen LogP contribution in [-0.2, 0) is 10.0 Å². The van der Waals surface area contributed by atoms with Crippen LogP contribution in [0.4, 0.5) is 4.39 Å². The van der Waals surface area contributed by atoms with Crippen LogP contribution < -0.4 is 20.9 Å². The van der Waals surface area contributed by atoms with Crippen molar-refractivity contribution in [2.45, 2.75) is 11.8 Å². The highest BCUT2D eigenvalue weighted by Crippen LogP contribution is 2.32. The molecule has 9 nitrogen and oxygen atoms in total. The Bertz CT molecular complexity index is 1280. The topological polar surface area (TPSA) is 134 Å². The Kier molecular flexibility index (Phi) is 5.65. The van der Waals surface area contributed by atoms with E-state index in [0.717, 1.165) is 10.0 Å². The molecule has 1 heterocycles. The Morgan fingerprint density at radius 1 is 1.03 bits per heavy atom. The van der Waals surface area contributed by atoms with Crippen LogP contribution in [0.3, 0.4) is 0 Å². The summed E-state index contributed by atoms with van der Waals surface area (Å²) in [5, 5.41) is 7.96. The number of halogens is 1. The van der Waals surface area contributed by atoms with Crippen LogP contribution >= 0.6 is 0 Å². The van der Waals surface area contributed by atoms with Crippen molar-refractivity contribution in [2.75, 3.05) is 14.2 Å². The van der Waals surface area contributed by atoms with Crippen molar-refractivity contribution >= 4 is 32.6 Å². The smallest absolute Gasteiger partial charge is 0.268 e. The zero-order valence-electron chi connectivity index (χ0n) is 16.5. The molecule has 0 atom stereocenters. The number of rotatable bonds is 6. The highest BCUT2D eigenvalue weighted by molar-refractivity contribution is 7.90. The molecule has 1 aromatic heterocycles. The van der Waals surface area contributed by atoms with E-state index in [0.29, 0.717) is 22.4 Å². The lowest BCUT2D eigenvalue weighted by molar-refractivity contribution is 0.354. The second kappa shape index (κ2) is 8.03. The van der Waals surface area contributed by atoms with E-state index in [2.05, 4.69) is 10.2 Å². The zero-order valence-corrected chi connectivity index (χ0v) is 17.3. The summed E-state index contributed by atoms with van der Waals surface area (Å²) in [6.45, 7) is 1.61. The van der Waals surface area contributed by atoms with Crippen LogP contribution in [0.1, 0.15) is 12.5 Å². The molecular weight excluding hydrogens is 413 g/mol. The maximum Gasteiger partial charge on any atom is 0.268 e. The molecule has 0 aliphatic rings. The first-order valence-corrected chi connectivity index (χ1v) is 10.0. The largest absolute Gasteiger partial charge is 0.493 e. The second-order valence-electron chi connectivity index (χ2n) is 6.23. The Morgan fingerprint density at radius 2 is 1.73 bits per heavy atom. The fourth-order valence-electron chi connectivity index (χ4n) is 2.94. The maximum atomic E-state index is 14.0. The minimum atomic E-state index is -4.11. The molecule has 0 spiro atoms. The van der Waals surface area contributed by atoms with Crippen LogP contribution in [0, 0.1) is 5.82 Å². The lowest BCUT2D eigenvalue weighted by Crippen LogP contribution is -2.22. The van der Waals surface area contributed by atoms with E-state index in [1.807, 2.05) is 0 Å². The first-order chi connectivity index (χ1) is 14.2. The Hall–Kier alpha value is -3.60. The number of nitrogens with zero attached hydrogens (tertiary/aromatic N) is 3. The minimum Gasteiger partial charge on any atom is -0.493 e. The standard InChI is InChI=1S/C19H20FN5O4S/c1-11(23-24-19(21)22)15-10-25(16-8-12(20)4-6-14(15)16)30(26,27)13-5-7-17(28-2)18(9-13)29-3/h4-10H,1-3H3,(H4,21,22,24). The lowest BCUT2D eigenvalue weighted by atomic mass is 10.1. The summed E-state index contributed by atoms with van der Waals surface area (Å²) in [5.74, 6) is -0.218. The molecule has 0 bridgehead atoms. The first-order valence-electron chi connectivity index (χ1n) is 8.60. The van der Waals surface area contributed by atoms with Gasteiger partial charge in [0.15, 0.2) is 11.5 Å². The molecule has 0 aliphatic heterocycles. The normalized spacial score (nSPS) is 12.1. The predicted molar refractivity (Wildman–Crippen MR) is 112 cm³/mol. The quantitative estimate of drug-likeness (QED) is 0.347. The van der Waals surface area contributed by atoms with Gasteiger partial charge in [-0.1, -0.05) is 0 Å². The van der Waals surface area contributed by atoms with Crippen LogP contribution in [-0.4, -0.2) is 38.3 Å². The molecular formula is C19H20FN5O4S. The average molecular weight is 433 g/mol.